The lowest BCUT2D eigenvalue weighted by Gasteiger charge is -2.33. The lowest BCUT2D eigenvalue weighted by Crippen LogP contribution is -2.62. The summed E-state index contributed by atoms with van der Waals surface area (Å²) in [5, 5.41) is 23.5. The topological polar surface area (TPSA) is 125 Å². The van der Waals surface area contributed by atoms with Crippen LogP contribution in [0.4, 0.5) is 0 Å². The zero-order chi connectivity index (χ0) is 21.6. The Bertz CT molecular complexity index is 886. The van der Waals surface area contributed by atoms with E-state index in [2.05, 4.69) is 5.32 Å². The Morgan fingerprint density at radius 3 is 2.60 bits per heavy atom. The first-order valence-corrected chi connectivity index (χ1v) is 10.3. The molecule has 3 aliphatic heterocycles. The summed E-state index contributed by atoms with van der Waals surface area (Å²) in [6.07, 6.45) is 0.0254. The van der Waals surface area contributed by atoms with Crippen molar-refractivity contribution in [1.29, 1.82) is 0 Å². The minimum Gasteiger partial charge on any atom is -0.486 e. The number of benzene rings is 1. The number of aliphatic carboxylic acids is 1. The summed E-state index contributed by atoms with van der Waals surface area (Å²) in [5.74, 6) is -3.37. The third-order valence-electron chi connectivity index (χ3n) is 6.36. The molecule has 4 rings (SSSR count). The first-order valence-electron chi connectivity index (χ1n) is 10.3. The first kappa shape index (κ1) is 20.6. The largest absolute Gasteiger partial charge is 0.486 e. The zero-order valence-electron chi connectivity index (χ0n) is 17.0. The second kappa shape index (κ2) is 7.55. The zero-order valence-corrected chi connectivity index (χ0v) is 17.0. The number of likely N-dealkylation sites (tertiary alicyclic amines) is 1. The predicted molar refractivity (Wildman–Crippen MR) is 104 cm³/mol. The number of ether oxygens (including phenoxy) is 2. The van der Waals surface area contributed by atoms with E-state index in [0.29, 0.717) is 36.7 Å². The number of carboxylic acid groups (broad SMARTS) is 1. The Labute approximate surface area is 173 Å². The van der Waals surface area contributed by atoms with Crippen LogP contribution in [0, 0.1) is 11.8 Å². The number of aliphatic hydroxyl groups excluding tert-OH is 1. The number of unbranched alkanes of at least 4 members (excludes halogenated alkanes) is 1. The molecule has 3 heterocycles. The molecule has 30 heavy (non-hydrogen) atoms. The number of carbonyl (C=O) groups is 3. The number of rotatable bonds is 6. The Kier molecular flexibility index (Phi) is 5.19. The molecule has 0 spiro atoms. The van der Waals surface area contributed by atoms with Gasteiger partial charge in [-0.05, 0) is 31.0 Å². The van der Waals surface area contributed by atoms with E-state index in [1.165, 1.54) is 6.92 Å². The molecule has 5 atom stereocenters. The van der Waals surface area contributed by atoms with Crippen molar-refractivity contribution in [1.82, 2.24) is 10.2 Å². The van der Waals surface area contributed by atoms with Crippen molar-refractivity contribution < 1.29 is 34.1 Å². The van der Waals surface area contributed by atoms with E-state index in [4.69, 9.17) is 9.47 Å². The second-order valence-corrected chi connectivity index (χ2v) is 8.06. The molecule has 5 unspecified atom stereocenters. The van der Waals surface area contributed by atoms with E-state index in [1.807, 2.05) is 6.92 Å². The molecule has 1 aromatic carbocycles. The van der Waals surface area contributed by atoms with Crippen LogP contribution in [0.3, 0.4) is 0 Å². The fraction of sp³-hybridized carbons (Fsp3) is 0.571. The van der Waals surface area contributed by atoms with Gasteiger partial charge in [0.1, 0.15) is 13.2 Å². The number of carbonyl (C=O) groups excluding carboxylic acids is 2. The van der Waals surface area contributed by atoms with Crippen LogP contribution in [0.5, 0.6) is 11.5 Å². The van der Waals surface area contributed by atoms with Crippen LogP contribution in [0.15, 0.2) is 18.2 Å². The normalized spacial score (nSPS) is 31.0. The van der Waals surface area contributed by atoms with Crippen LogP contribution in [0.25, 0.3) is 0 Å². The summed E-state index contributed by atoms with van der Waals surface area (Å²) in [5.41, 5.74) is -1.35. The van der Waals surface area contributed by atoms with Crippen molar-refractivity contribution in [2.24, 2.45) is 11.8 Å². The van der Waals surface area contributed by atoms with Crippen LogP contribution in [-0.4, -0.2) is 64.3 Å². The number of fused-ring (bicyclic) bond motifs is 2. The number of aliphatic hydroxyl groups is 1. The smallest absolute Gasteiger partial charge is 0.327 e. The standard InChI is InChI=1S/C21H26N2O7/c1-3-4-7-23-18(25)15-16(19(23)26)21(11(2)24,20(27)28)22-17(15)12-5-6-13-14(10-12)30-9-8-29-13/h5-6,10-11,15-17,22,24H,3-4,7-9H2,1-2H3,(H,27,28). The van der Waals surface area contributed by atoms with Gasteiger partial charge in [0, 0.05) is 12.6 Å². The Morgan fingerprint density at radius 2 is 1.97 bits per heavy atom. The van der Waals surface area contributed by atoms with Crippen LogP contribution in [0.1, 0.15) is 38.3 Å². The molecular formula is C21H26N2O7. The van der Waals surface area contributed by atoms with Crippen molar-refractivity contribution >= 4 is 17.8 Å². The number of carboxylic acids is 1. The molecule has 162 valence electrons. The van der Waals surface area contributed by atoms with Crippen LogP contribution < -0.4 is 14.8 Å². The average Bonchev–Trinajstić information content (AvgIpc) is 3.21. The van der Waals surface area contributed by atoms with Crippen LogP contribution >= 0.6 is 0 Å². The summed E-state index contributed by atoms with van der Waals surface area (Å²) < 4.78 is 11.2. The highest BCUT2D eigenvalue weighted by Gasteiger charge is 2.70. The minimum atomic E-state index is -1.96. The third-order valence-corrected chi connectivity index (χ3v) is 6.36. The molecule has 0 aliphatic carbocycles. The van der Waals surface area contributed by atoms with Gasteiger partial charge in [0.2, 0.25) is 11.8 Å². The predicted octanol–water partition coefficient (Wildman–Crippen LogP) is 0.708. The van der Waals surface area contributed by atoms with Gasteiger partial charge in [0.05, 0.1) is 17.9 Å². The summed E-state index contributed by atoms with van der Waals surface area (Å²) in [6.45, 7) is 4.34. The van der Waals surface area contributed by atoms with Crippen LogP contribution in [-0.2, 0) is 14.4 Å². The quantitative estimate of drug-likeness (QED) is 0.577. The summed E-state index contributed by atoms with van der Waals surface area (Å²) in [6, 6.07) is 4.38. The second-order valence-electron chi connectivity index (χ2n) is 8.06. The molecule has 2 fully saturated rings. The maximum Gasteiger partial charge on any atom is 0.327 e. The van der Waals surface area contributed by atoms with E-state index >= 15 is 0 Å². The van der Waals surface area contributed by atoms with Crippen molar-refractivity contribution in [3.63, 3.8) is 0 Å². The highest BCUT2D eigenvalue weighted by molar-refractivity contribution is 6.09. The molecule has 3 aliphatic rings. The van der Waals surface area contributed by atoms with Crippen molar-refractivity contribution in [2.75, 3.05) is 19.8 Å². The summed E-state index contributed by atoms with van der Waals surface area (Å²) >= 11 is 0. The summed E-state index contributed by atoms with van der Waals surface area (Å²) in [4.78, 5) is 39.9. The molecule has 3 N–H and O–H groups in total. The maximum absolute atomic E-state index is 13.2. The number of hydrogen-bond acceptors (Lipinski definition) is 7. The molecule has 0 radical (unpaired) electrons. The minimum absolute atomic E-state index is 0.241. The van der Waals surface area contributed by atoms with Crippen molar-refractivity contribution in [2.45, 2.75) is 44.4 Å². The highest BCUT2D eigenvalue weighted by Crippen LogP contribution is 2.51. The lowest BCUT2D eigenvalue weighted by molar-refractivity contribution is -0.156. The van der Waals surface area contributed by atoms with Gasteiger partial charge < -0.3 is 19.7 Å². The Balaban J connectivity index is 1.79. The van der Waals surface area contributed by atoms with Gasteiger partial charge in [0.15, 0.2) is 17.0 Å². The van der Waals surface area contributed by atoms with Gasteiger partial charge >= 0.3 is 5.97 Å². The van der Waals surface area contributed by atoms with Gasteiger partial charge in [-0.25, -0.2) is 0 Å². The van der Waals surface area contributed by atoms with Gasteiger partial charge in [-0.2, -0.15) is 0 Å². The van der Waals surface area contributed by atoms with E-state index in [0.717, 1.165) is 11.3 Å². The monoisotopic (exact) mass is 418 g/mol. The highest BCUT2D eigenvalue weighted by atomic mass is 16.6. The molecule has 9 nitrogen and oxygen atoms in total. The lowest BCUT2D eigenvalue weighted by atomic mass is 9.76. The maximum atomic E-state index is 13.2. The third kappa shape index (κ3) is 2.87. The fourth-order valence-corrected chi connectivity index (χ4v) is 4.84. The van der Waals surface area contributed by atoms with Gasteiger partial charge in [-0.3, -0.25) is 24.6 Å². The van der Waals surface area contributed by atoms with Crippen LogP contribution in [0.2, 0.25) is 0 Å². The molecular weight excluding hydrogens is 392 g/mol. The van der Waals surface area contributed by atoms with Crippen molar-refractivity contribution in [3.05, 3.63) is 23.8 Å². The number of nitrogens with one attached hydrogen (secondary N) is 1. The number of amides is 2. The molecule has 0 saturated carbocycles. The number of hydrogen-bond donors (Lipinski definition) is 3. The average molecular weight is 418 g/mol. The molecule has 2 saturated heterocycles. The first-order chi connectivity index (χ1) is 14.3. The number of nitrogens with zero attached hydrogens (tertiary/aromatic N) is 1. The van der Waals surface area contributed by atoms with E-state index in [1.54, 1.807) is 18.2 Å². The van der Waals surface area contributed by atoms with Gasteiger partial charge in [-0.1, -0.05) is 19.4 Å². The van der Waals surface area contributed by atoms with Crippen molar-refractivity contribution in [3.8, 4) is 11.5 Å². The molecule has 1 aromatic rings. The SMILES string of the molecule is CCCCN1C(=O)C2C(c3ccc4c(c3)OCCO4)NC(C(=O)O)(C(C)O)C2C1=O. The Morgan fingerprint density at radius 1 is 1.27 bits per heavy atom. The summed E-state index contributed by atoms with van der Waals surface area (Å²) in [7, 11) is 0. The fourth-order valence-electron chi connectivity index (χ4n) is 4.84. The number of imide groups is 1. The molecule has 9 heteroatoms. The van der Waals surface area contributed by atoms with Gasteiger partial charge in [-0.15, -0.1) is 0 Å². The molecule has 2 amide bonds. The van der Waals surface area contributed by atoms with E-state index in [-0.39, 0.29) is 6.54 Å². The molecule has 0 aromatic heterocycles. The van der Waals surface area contributed by atoms with Gasteiger partial charge in [0.25, 0.3) is 0 Å². The van der Waals surface area contributed by atoms with E-state index in [9.17, 15) is 24.6 Å². The molecule has 0 bridgehead atoms. The Hall–Kier alpha value is -2.65. The van der Waals surface area contributed by atoms with E-state index < -0.39 is 47.3 Å².